The molecule has 0 amide bonds. The molecule has 7 aromatic rings. The van der Waals surface area contributed by atoms with Gasteiger partial charge < -0.3 is 0 Å². The molecule has 0 unspecified atom stereocenters. The fourth-order valence-electron chi connectivity index (χ4n) is 5.57. The molecule has 5 aromatic carbocycles. The fourth-order valence-corrected chi connectivity index (χ4v) is 5.57. The number of pyridine rings is 1. The maximum absolute atomic E-state index is 5.19. The average molecular weight is 473 g/mol. The quantitative estimate of drug-likeness (QED) is 0.253. The molecule has 0 saturated carbocycles. The van der Waals surface area contributed by atoms with Crippen LogP contribution in [0.2, 0.25) is 0 Å². The van der Waals surface area contributed by atoms with Crippen LogP contribution in [0.25, 0.3) is 55.0 Å². The summed E-state index contributed by atoms with van der Waals surface area (Å²) < 4.78 is 0. The lowest BCUT2D eigenvalue weighted by molar-refractivity contribution is 1.11. The minimum Gasteiger partial charge on any atom is -0.278 e. The summed E-state index contributed by atoms with van der Waals surface area (Å²) in [7, 11) is 0. The average Bonchev–Trinajstić information content (AvgIpc) is 2.96. The van der Waals surface area contributed by atoms with E-state index in [-0.39, 0.29) is 0 Å². The molecule has 172 valence electrons. The highest BCUT2D eigenvalue weighted by molar-refractivity contribution is 6.15. The Hall–Kier alpha value is -5.09. The molecule has 4 heteroatoms. The molecule has 0 aliphatic carbocycles. The van der Waals surface area contributed by atoms with Crippen molar-refractivity contribution in [3.63, 3.8) is 0 Å². The van der Waals surface area contributed by atoms with Crippen LogP contribution in [0.4, 0.5) is 17.3 Å². The molecule has 1 aliphatic heterocycles. The second kappa shape index (κ2) is 7.70. The summed E-state index contributed by atoms with van der Waals surface area (Å²) in [6.07, 6.45) is 1.81. The van der Waals surface area contributed by atoms with Crippen molar-refractivity contribution in [2.45, 2.75) is 0 Å². The predicted octanol–water partition coefficient (Wildman–Crippen LogP) is 8.45. The van der Waals surface area contributed by atoms with Gasteiger partial charge in [0.1, 0.15) is 5.69 Å². The third-order valence-corrected chi connectivity index (χ3v) is 7.22. The first kappa shape index (κ1) is 20.1. The van der Waals surface area contributed by atoms with Gasteiger partial charge in [-0.3, -0.25) is 9.88 Å². The molecule has 8 rings (SSSR count). The number of aromatic nitrogens is 3. The highest BCUT2D eigenvalue weighted by Crippen LogP contribution is 2.51. The van der Waals surface area contributed by atoms with Gasteiger partial charge in [0.2, 0.25) is 5.95 Å². The van der Waals surface area contributed by atoms with Crippen molar-refractivity contribution < 1.29 is 0 Å². The maximum Gasteiger partial charge on any atom is 0.235 e. The van der Waals surface area contributed by atoms with Crippen molar-refractivity contribution in [2.75, 3.05) is 4.90 Å². The van der Waals surface area contributed by atoms with Crippen molar-refractivity contribution >= 4 is 49.8 Å². The summed E-state index contributed by atoms with van der Waals surface area (Å²) in [6, 6.07) is 40.2. The summed E-state index contributed by atoms with van der Waals surface area (Å²) in [5.41, 5.74) is 7.12. The first-order valence-electron chi connectivity index (χ1n) is 12.4. The van der Waals surface area contributed by atoms with E-state index in [2.05, 4.69) is 88.7 Å². The molecular formula is C33H20N4. The van der Waals surface area contributed by atoms with Gasteiger partial charge in [0.05, 0.1) is 22.6 Å². The number of hydrogen-bond acceptors (Lipinski definition) is 4. The minimum absolute atomic E-state index is 0.637. The van der Waals surface area contributed by atoms with Crippen LogP contribution in [0.15, 0.2) is 121 Å². The van der Waals surface area contributed by atoms with Crippen molar-refractivity contribution in [1.29, 1.82) is 0 Å². The van der Waals surface area contributed by atoms with Crippen molar-refractivity contribution in [1.82, 2.24) is 15.0 Å². The Kier molecular flexibility index (Phi) is 4.19. The first-order valence-corrected chi connectivity index (χ1v) is 12.4. The summed E-state index contributed by atoms with van der Waals surface area (Å²) in [5.74, 6) is 0.637. The molecule has 0 N–H and O–H groups in total. The van der Waals surface area contributed by atoms with Crippen LogP contribution in [-0.2, 0) is 0 Å². The zero-order chi connectivity index (χ0) is 24.3. The maximum atomic E-state index is 5.19. The van der Waals surface area contributed by atoms with Gasteiger partial charge in [-0.15, -0.1) is 0 Å². The number of hydrogen-bond donors (Lipinski definition) is 0. The van der Waals surface area contributed by atoms with E-state index in [0.717, 1.165) is 33.7 Å². The van der Waals surface area contributed by atoms with E-state index >= 15 is 0 Å². The predicted molar refractivity (Wildman–Crippen MR) is 151 cm³/mol. The zero-order valence-electron chi connectivity index (χ0n) is 19.8. The summed E-state index contributed by atoms with van der Waals surface area (Å²) in [4.78, 5) is 17.2. The summed E-state index contributed by atoms with van der Waals surface area (Å²) in [6.45, 7) is 0. The largest absolute Gasteiger partial charge is 0.278 e. The molecule has 37 heavy (non-hydrogen) atoms. The lowest BCUT2D eigenvalue weighted by atomic mass is 9.89. The summed E-state index contributed by atoms with van der Waals surface area (Å²) >= 11 is 0. The topological polar surface area (TPSA) is 41.9 Å². The van der Waals surface area contributed by atoms with E-state index in [1.54, 1.807) is 0 Å². The molecule has 0 fully saturated rings. The van der Waals surface area contributed by atoms with Crippen molar-refractivity contribution in [3.8, 4) is 22.5 Å². The van der Waals surface area contributed by atoms with E-state index in [0.29, 0.717) is 5.95 Å². The SMILES string of the molecule is c1ccc(-c2nc(N3c4cc5ccccc5cc4-c4cccc5cccc3c45)nc3ccccc23)nc1. The monoisotopic (exact) mass is 472 g/mol. The van der Waals surface area contributed by atoms with E-state index in [1.165, 1.54) is 32.7 Å². The van der Waals surface area contributed by atoms with E-state index < -0.39 is 0 Å². The molecule has 1 aliphatic rings. The molecule has 2 aromatic heterocycles. The smallest absolute Gasteiger partial charge is 0.235 e. The molecule has 4 nitrogen and oxygen atoms in total. The fraction of sp³-hybridized carbons (Fsp3) is 0. The number of para-hydroxylation sites is 1. The van der Waals surface area contributed by atoms with E-state index in [1.807, 2.05) is 42.6 Å². The lowest BCUT2D eigenvalue weighted by Crippen LogP contribution is -2.18. The number of nitrogens with zero attached hydrogens (tertiary/aromatic N) is 4. The second-order valence-electron chi connectivity index (χ2n) is 9.34. The Bertz CT molecular complexity index is 1990. The molecule has 0 radical (unpaired) electrons. The van der Waals surface area contributed by atoms with Crippen LogP contribution in [-0.4, -0.2) is 15.0 Å². The van der Waals surface area contributed by atoms with Crippen LogP contribution in [0.5, 0.6) is 0 Å². The Balaban J connectivity index is 1.50. The van der Waals surface area contributed by atoms with Gasteiger partial charge >= 0.3 is 0 Å². The highest BCUT2D eigenvalue weighted by Gasteiger charge is 2.28. The first-order chi connectivity index (χ1) is 18.3. The number of anilines is 3. The van der Waals surface area contributed by atoms with Gasteiger partial charge in [-0.25, -0.2) is 9.97 Å². The molecule has 0 bridgehead atoms. The van der Waals surface area contributed by atoms with Crippen LogP contribution < -0.4 is 4.90 Å². The molecule has 0 saturated heterocycles. The molecule has 0 atom stereocenters. The third kappa shape index (κ3) is 2.99. The normalized spacial score (nSPS) is 12.3. The van der Waals surface area contributed by atoms with Gasteiger partial charge in [0.15, 0.2) is 0 Å². The zero-order valence-corrected chi connectivity index (χ0v) is 19.8. The number of benzene rings is 5. The summed E-state index contributed by atoms with van der Waals surface area (Å²) in [5, 5.41) is 5.79. The van der Waals surface area contributed by atoms with Gasteiger partial charge in [-0.05, 0) is 58.1 Å². The van der Waals surface area contributed by atoms with Crippen molar-refractivity contribution in [3.05, 3.63) is 121 Å². The van der Waals surface area contributed by atoms with E-state index in [9.17, 15) is 0 Å². The van der Waals surface area contributed by atoms with E-state index in [4.69, 9.17) is 9.97 Å². The van der Waals surface area contributed by atoms with Gasteiger partial charge in [0.25, 0.3) is 0 Å². The molecule has 3 heterocycles. The van der Waals surface area contributed by atoms with Crippen LogP contribution in [0.3, 0.4) is 0 Å². The van der Waals surface area contributed by atoms with Gasteiger partial charge in [-0.1, -0.05) is 78.9 Å². The molecular weight excluding hydrogens is 452 g/mol. The van der Waals surface area contributed by atoms with Gasteiger partial charge in [0, 0.05) is 22.5 Å². The van der Waals surface area contributed by atoms with Crippen LogP contribution >= 0.6 is 0 Å². The standard InChI is InChI=1S/C33H20N4/c1-2-10-23-20-30-26(19-22(23)9-1)24-14-7-11-21-12-8-17-29(31(21)24)37(30)33-35-27-15-4-3-13-25(27)32(36-33)28-16-5-6-18-34-28/h1-20H. The van der Waals surface area contributed by atoms with Crippen LogP contribution in [0, 0.1) is 0 Å². The molecule has 0 spiro atoms. The number of rotatable bonds is 2. The second-order valence-corrected chi connectivity index (χ2v) is 9.34. The third-order valence-electron chi connectivity index (χ3n) is 7.22. The minimum atomic E-state index is 0.637. The van der Waals surface area contributed by atoms with Crippen molar-refractivity contribution in [2.24, 2.45) is 0 Å². The Morgan fingerprint density at radius 2 is 1.30 bits per heavy atom. The Morgan fingerprint density at radius 1 is 0.541 bits per heavy atom. The van der Waals surface area contributed by atoms with Gasteiger partial charge in [-0.2, -0.15) is 0 Å². The Morgan fingerprint density at radius 3 is 2.16 bits per heavy atom. The highest BCUT2D eigenvalue weighted by atomic mass is 15.3. The number of fused-ring (bicyclic) bond motifs is 4. The van der Waals surface area contributed by atoms with Crippen LogP contribution in [0.1, 0.15) is 0 Å². The lowest BCUT2D eigenvalue weighted by Gasteiger charge is -2.32. The Labute approximate surface area is 213 Å².